The lowest BCUT2D eigenvalue weighted by atomic mass is 10.0. The molecule has 0 N–H and O–H groups in total. The zero-order valence-corrected chi connectivity index (χ0v) is 12.2. The summed E-state index contributed by atoms with van der Waals surface area (Å²) < 4.78 is 2.38. The highest BCUT2D eigenvalue weighted by atomic mass is 15.0. The van der Waals surface area contributed by atoms with Gasteiger partial charge in [-0.3, -0.25) is 0 Å². The molecule has 102 valence electrons. The van der Waals surface area contributed by atoms with Crippen LogP contribution in [0.3, 0.4) is 0 Å². The lowest BCUT2D eigenvalue weighted by Gasteiger charge is -2.12. The summed E-state index contributed by atoms with van der Waals surface area (Å²) in [6.07, 6.45) is 3.34. The topological polar surface area (TPSA) is 4.93 Å². The molecule has 0 radical (unpaired) electrons. The smallest absolute Gasteiger partial charge is 0.0516 e. The van der Waals surface area contributed by atoms with E-state index in [1.165, 1.54) is 22.0 Å². The largest absolute Gasteiger partial charge is 0.343 e. The second-order valence-electron chi connectivity index (χ2n) is 5.88. The first-order chi connectivity index (χ1) is 9.74. The first kappa shape index (κ1) is 13.0. The molecule has 0 aliphatic rings. The Morgan fingerprint density at radius 1 is 0.900 bits per heavy atom. The molecule has 1 nitrogen and oxygen atoms in total. The van der Waals surface area contributed by atoms with E-state index < -0.39 is 0 Å². The molecular weight excluding hydrogens is 242 g/mol. The molecule has 0 aliphatic heterocycles. The number of rotatable bonds is 4. The Morgan fingerprint density at radius 3 is 2.45 bits per heavy atom. The van der Waals surface area contributed by atoms with Crippen LogP contribution in [0.1, 0.15) is 25.0 Å². The monoisotopic (exact) mass is 263 g/mol. The Labute approximate surface area is 120 Å². The van der Waals surface area contributed by atoms with Gasteiger partial charge in [0.1, 0.15) is 0 Å². The summed E-state index contributed by atoms with van der Waals surface area (Å²) in [5.41, 5.74) is 4.20. The molecular formula is C19H21N. The third kappa shape index (κ3) is 2.62. The van der Waals surface area contributed by atoms with Crippen molar-refractivity contribution in [1.29, 1.82) is 0 Å². The van der Waals surface area contributed by atoms with Gasteiger partial charge in [0.05, 0.1) is 5.52 Å². The standard InChI is InChI=1S/C19H21N/c1-15(2)13-18-10-6-9-17-11-12-20(19(17)18)14-16-7-4-3-5-8-16/h3-12,15H,13-14H2,1-2H3. The summed E-state index contributed by atoms with van der Waals surface area (Å²) in [6.45, 7) is 5.51. The Balaban J connectivity index is 2.03. The molecule has 0 aliphatic carbocycles. The molecule has 3 aromatic rings. The predicted molar refractivity (Wildman–Crippen MR) is 86.0 cm³/mol. The average Bonchev–Trinajstić information content (AvgIpc) is 2.84. The second kappa shape index (κ2) is 5.54. The van der Waals surface area contributed by atoms with E-state index in [4.69, 9.17) is 0 Å². The normalized spacial score (nSPS) is 11.3. The van der Waals surface area contributed by atoms with Gasteiger partial charge in [0, 0.05) is 12.7 Å². The molecule has 0 fully saturated rings. The number of nitrogens with zero attached hydrogens (tertiary/aromatic N) is 1. The minimum Gasteiger partial charge on any atom is -0.343 e. The van der Waals surface area contributed by atoms with Gasteiger partial charge in [-0.2, -0.15) is 0 Å². The van der Waals surface area contributed by atoms with E-state index in [-0.39, 0.29) is 0 Å². The van der Waals surface area contributed by atoms with E-state index in [1.54, 1.807) is 0 Å². The van der Waals surface area contributed by atoms with Gasteiger partial charge < -0.3 is 4.57 Å². The fraction of sp³-hybridized carbons (Fsp3) is 0.263. The zero-order chi connectivity index (χ0) is 13.9. The predicted octanol–water partition coefficient (Wildman–Crippen LogP) is 4.89. The summed E-state index contributed by atoms with van der Waals surface area (Å²) >= 11 is 0. The molecule has 1 aromatic heterocycles. The molecule has 0 spiro atoms. The van der Waals surface area contributed by atoms with Crippen LogP contribution in [-0.4, -0.2) is 4.57 Å². The van der Waals surface area contributed by atoms with E-state index in [0.29, 0.717) is 5.92 Å². The summed E-state index contributed by atoms with van der Waals surface area (Å²) in [5.74, 6) is 0.681. The molecule has 0 saturated carbocycles. The Bertz CT molecular complexity index is 692. The molecule has 3 rings (SSSR count). The second-order valence-corrected chi connectivity index (χ2v) is 5.88. The summed E-state index contributed by atoms with van der Waals surface area (Å²) in [6, 6.07) is 19.5. The van der Waals surface area contributed by atoms with Crippen molar-refractivity contribution in [3.8, 4) is 0 Å². The zero-order valence-electron chi connectivity index (χ0n) is 12.2. The highest BCUT2D eigenvalue weighted by Crippen LogP contribution is 2.23. The van der Waals surface area contributed by atoms with Crippen molar-refractivity contribution in [3.63, 3.8) is 0 Å². The minimum atomic E-state index is 0.681. The molecule has 0 saturated heterocycles. The van der Waals surface area contributed by atoms with Crippen molar-refractivity contribution >= 4 is 10.9 Å². The highest BCUT2D eigenvalue weighted by Gasteiger charge is 2.08. The van der Waals surface area contributed by atoms with Gasteiger partial charge in [0.25, 0.3) is 0 Å². The van der Waals surface area contributed by atoms with Crippen LogP contribution in [0.5, 0.6) is 0 Å². The maximum Gasteiger partial charge on any atom is 0.0516 e. The SMILES string of the molecule is CC(C)Cc1cccc2ccn(Cc3ccccc3)c12. The van der Waals surface area contributed by atoms with Crippen molar-refractivity contribution in [1.82, 2.24) is 4.57 Å². The van der Waals surface area contributed by atoms with Crippen LogP contribution in [0.2, 0.25) is 0 Å². The van der Waals surface area contributed by atoms with Crippen LogP contribution in [0.4, 0.5) is 0 Å². The third-order valence-corrected chi connectivity index (χ3v) is 3.70. The van der Waals surface area contributed by atoms with Crippen molar-refractivity contribution in [2.75, 3.05) is 0 Å². The number of hydrogen-bond donors (Lipinski definition) is 0. The minimum absolute atomic E-state index is 0.681. The number of benzene rings is 2. The third-order valence-electron chi connectivity index (χ3n) is 3.70. The van der Waals surface area contributed by atoms with Crippen molar-refractivity contribution in [3.05, 3.63) is 71.9 Å². The van der Waals surface area contributed by atoms with Crippen molar-refractivity contribution in [2.45, 2.75) is 26.8 Å². The van der Waals surface area contributed by atoms with Crippen LogP contribution in [0.25, 0.3) is 10.9 Å². The lowest BCUT2D eigenvalue weighted by molar-refractivity contribution is 0.647. The van der Waals surface area contributed by atoms with Gasteiger partial charge in [-0.1, -0.05) is 62.4 Å². The fourth-order valence-corrected chi connectivity index (χ4v) is 2.86. The Hall–Kier alpha value is -2.02. The summed E-state index contributed by atoms with van der Waals surface area (Å²) in [4.78, 5) is 0. The first-order valence-electron chi connectivity index (χ1n) is 7.34. The van der Waals surface area contributed by atoms with Crippen LogP contribution >= 0.6 is 0 Å². The lowest BCUT2D eigenvalue weighted by Crippen LogP contribution is -2.02. The van der Waals surface area contributed by atoms with Gasteiger partial charge in [0.15, 0.2) is 0 Å². The van der Waals surface area contributed by atoms with Gasteiger partial charge in [-0.25, -0.2) is 0 Å². The van der Waals surface area contributed by atoms with Crippen LogP contribution in [0.15, 0.2) is 60.8 Å². The van der Waals surface area contributed by atoms with Gasteiger partial charge >= 0.3 is 0 Å². The molecule has 20 heavy (non-hydrogen) atoms. The molecule has 0 atom stereocenters. The number of hydrogen-bond acceptors (Lipinski definition) is 0. The maximum absolute atomic E-state index is 2.38. The molecule has 1 heterocycles. The van der Waals surface area contributed by atoms with Gasteiger partial charge in [0.2, 0.25) is 0 Å². The molecule has 0 unspecified atom stereocenters. The Morgan fingerprint density at radius 2 is 1.70 bits per heavy atom. The van der Waals surface area contributed by atoms with E-state index >= 15 is 0 Å². The van der Waals surface area contributed by atoms with Crippen molar-refractivity contribution < 1.29 is 0 Å². The fourth-order valence-electron chi connectivity index (χ4n) is 2.86. The molecule has 2 aromatic carbocycles. The van der Waals surface area contributed by atoms with E-state index in [9.17, 15) is 0 Å². The summed E-state index contributed by atoms with van der Waals surface area (Å²) in [5, 5.41) is 1.35. The van der Waals surface area contributed by atoms with Crippen LogP contribution in [0, 0.1) is 5.92 Å². The van der Waals surface area contributed by atoms with Crippen LogP contribution < -0.4 is 0 Å². The number of aromatic nitrogens is 1. The van der Waals surface area contributed by atoms with E-state index in [0.717, 1.165) is 13.0 Å². The number of fused-ring (bicyclic) bond motifs is 1. The highest BCUT2D eigenvalue weighted by molar-refractivity contribution is 5.83. The number of para-hydroxylation sites is 1. The average molecular weight is 263 g/mol. The molecule has 0 amide bonds. The maximum atomic E-state index is 2.38. The molecule has 1 heteroatoms. The van der Waals surface area contributed by atoms with Crippen LogP contribution in [-0.2, 0) is 13.0 Å². The van der Waals surface area contributed by atoms with E-state index in [1.807, 2.05) is 0 Å². The molecule has 0 bridgehead atoms. The Kier molecular flexibility index (Phi) is 3.60. The summed E-state index contributed by atoms with van der Waals surface area (Å²) in [7, 11) is 0. The van der Waals surface area contributed by atoms with Crippen molar-refractivity contribution in [2.24, 2.45) is 5.92 Å². The quantitative estimate of drug-likeness (QED) is 0.631. The first-order valence-corrected chi connectivity index (χ1v) is 7.34. The van der Waals surface area contributed by atoms with E-state index in [2.05, 4.69) is 79.2 Å². The van der Waals surface area contributed by atoms with Gasteiger partial charge in [-0.05, 0) is 34.9 Å². The van der Waals surface area contributed by atoms with Gasteiger partial charge in [-0.15, -0.1) is 0 Å².